The first-order valence-electron chi connectivity index (χ1n) is 7.03. The van der Waals surface area contributed by atoms with Crippen molar-refractivity contribution < 1.29 is 9.90 Å². The Kier molecular flexibility index (Phi) is 3.37. The van der Waals surface area contributed by atoms with Crippen molar-refractivity contribution in [2.75, 3.05) is 4.90 Å². The van der Waals surface area contributed by atoms with Crippen LogP contribution in [0.3, 0.4) is 0 Å². The summed E-state index contributed by atoms with van der Waals surface area (Å²) in [6, 6.07) is 7.48. The van der Waals surface area contributed by atoms with Crippen LogP contribution in [0.1, 0.15) is 31.3 Å². The van der Waals surface area contributed by atoms with Crippen LogP contribution in [-0.2, 0) is 17.8 Å². The lowest BCUT2D eigenvalue weighted by molar-refractivity contribution is -0.138. The molecule has 6 heteroatoms. The molecule has 0 saturated heterocycles. The molecule has 21 heavy (non-hydrogen) atoms. The molecule has 6 nitrogen and oxygen atoms in total. The standard InChI is InChI=1S/C15H18N4O2/c1-10(2)19-14(16-9-17-19)8-18-12-6-4-3-5-11(12)7-13(18)15(20)21/h3-6,9-10,13H,7-8H2,1-2H3,(H,20,21). The van der Waals surface area contributed by atoms with E-state index in [1.165, 1.54) is 6.33 Å². The average Bonchev–Trinajstić information content (AvgIpc) is 3.04. The third-order valence-corrected chi connectivity index (χ3v) is 3.82. The highest BCUT2D eigenvalue weighted by molar-refractivity contribution is 5.82. The summed E-state index contributed by atoms with van der Waals surface area (Å²) in [5.74, 6) is -0.0187. The van der Waals surface area contributed by atoms with Crippen molar-refractivity contribution in [2.45, 2.75) is 38.9 Å². The predicted octanol–water partition coefficient (Wildman–Crippen LogP) is 1.87. The summed E-state index contributed by atoms with van der Waals surface area (Å²) in [6.45, 7) is 4.52. The topological polar surface area (TPSA) is 71.2 Å². The molecule has 0 spiro atoms. The third-order valence-electron chi connectivity index (χ3n) is 3.82. The van der Waals surface area contributed by atoms with Gasteiger partial charge in [0.15, 0.2) is 0 Å². The summed E-state index contributed by atoms with van der Waals surface area (Å²) < 4.78 is 1.83. The number of nitrogens with zero attached hydrogens (tertiary/aromatic N) is 4. The van der Waals surface area contributed by atoms with Gasteiger partial charge in [-0.2, -0.15) is 5.10 Å². The van der Waals surface area contributed by atoms with E-state index >= 15 is 0 Å². The monoisotopic (exact) mass is 286 g/mol. The molecule has 110 valence electrons. The molecule has 2 heterocycles. The number of aliphatic carboxylic acids is 1. The van der Waals surface area contributed by atoms with Gasteiger partial charge in [-0.1, -0.05) is 18.2 Å². The summed E-state index contributed by atoms with van der Waals surface area (Å²) in [7, 11) is 0. The number of benzene rings is 1. The van der Waals surface area contributed by atoms with Crippen molar-refractivity contribution in [3.63, 3.8) is 0 Å². The summed E-state index contributed by atoms with van der Waals surface area (Å²) in [5.41, 5.74) is 2.05. The van der Waals surface area contributed by atoms with Crippen LogP contribution in [-0.4, -0.2) is 31.9 Å². The van der Waals surface area contributed by atoms with E-state index in [2.05, 4.69) is 10.1 Å². The normalized spacial score (nSPS) is 17.3. The van der Waals surface area contributed by atoms with E-state index in [1.807, 2.05) is 47.7 Å². The first-order chi connectivity index (χ1) is 10.1. The number of carboxylic acids is 1. The number of fused-ring (bicyclic) bond motifs is 1. The number of anilines is 1. The maximum Gasteiger partial charge on any atom is 0.326 e. The second-order valence-corrected chi connectivity index (χ2v) is 5.53. The van der Waals surface area contributed by atoms with E-state index in [9.17, 15) is 9.90 Å². The summed E-state index contributed by atoms with van der Waals surface area (Å²) in [4.78, 5) is 17.7. The molecule has 1 aliphatic rings. The first kappa shape index (κ1) is 13.6. The number of aromatic nitrogens is 3. The van der Waals surface area contributed by atoms with E-state index in [0.717, 1.165) is 17.1 Å². The van der Waals surface area contributed by atoms with Crippen LogP contribution < -0.4 is 4.90 Å². The minimum Gasteiger partial charge on any atom is -0.480 e. The van der Waals surface area contributed by atoms with Crippen molar-refractivity contribution in [1.82, 2.24) is 14.8 Å². The van der Waals surface area contributed by atoms with Gasteiger partial charge >= 0.3 is 5.97 Å². The number of carbonyl (C=O) groups is 1. The molecule has 0 bridgehead atoms. The van der Waals surface area contributed by atoms with E-state index in [-0.39, 0.29) is 6.04 Å². The van der Waals surface area contributed by atoms with Gasteiger partial charge in [-0.15, -0.1) is 0 Å². The minimum absolute atomic E-state index is 0.198. The van der Waals surface area contributed by atoms with Crippen molar-refractivity contribution in [1.29, 1.82) is 0 Å². The second kappa shape index (κ2) is 5.20. The van der Waals surface area contributed by atoms with Gasteiger partial charge in [-0.25, -0.2) is 14.5 Å². The van der Waals surface area contributed by atoms with Gasteiger partial charge in [-0.05, 0) is 25.5 Å². The van der Waals surface area contributed by atoms with Gasteiger partial charge in [0.25, 0.3) is 0 Å². The summed E-state index contributed by atoms with van der Waals surface area (Å²) >= 11 is 0. The molecule has 1 unspecified atom stereocenters. The lowest BCUT2D eigenvalue weighted by atomic mass is 10.1. The molecule has 1 aromatic carbocycles. The van der Waals surface area contributed by atoms with Gasteiger partial charge < -0.3 is 10.0 Å². The quantitative estimate of drug-likeness (QED) is 0.929. The molecule has 1 atom stereocenters. The van der Waals surface area contributed by atoms with Gasteiger partial charge in [0.1, 0.15) is 18.2 Å². The highest BCUT2D eigenvalue weighted by atomic mass is 16.4. The van der Waals surface area contributed by atoms with Crippen LogP contribution in [0.4, 0.5) is 5.69 Å². The number of hydrogen-bond donors (Lipinski definition) is 1. The number of rotatable bonds is 4. The van der Waals surface area contributed by atoms with Crippen LogP contribution in [0.15, 0.2) is 30.6 Å². The zero-order valence-corrected chi connectivity index (χ0v) is 12.1. The van der Waals surface area contributed by atoms with Crippen molar-refractivity contribution in [2.24, 2.45) is 0 Å². The molecule has 2 aromatic rings. The zero-order valence-electron chi connectivity index (χ0n) is 12.1. The molecule has 0 radical (unpaired) electrons. The molecule has 0 fully saturated rings. The van der Waals surface area contributed by atoms with Crippen molar-refractivity contribution >= 4 is 11.7 Å². The van der Waals surface area contributed by atoms with Gasteiger partial charge in [0, 0.05) is 18.2 Å². The average molecular weight is 286 g/mol. The molecule has 3 rings (SSSR count). The molecule has 1 N–H and O–H groups in total. The Bertz CT molecular complexity index is 665. The van der Waals surface area contributed by atoms with Crippen LogP contribution in [0.5, 0.6) is 0 Å². The maximum atomic E-state index is 11.5. The SMILES string of the molecule is CC(C)n1ncnc1CN1c2ccccc2CC1C(=O)O. The summed E-state index contributed by atoms with van der Waals surface area (Å²) in [5, 5.41) is 13.7. The fourth-order valence-electron chi connectivity index (χ4n) is 2.84. The molecule has 1 aromatic heterocycles. The molecule has 1 aliphatic heterocycles. The Hall–Kier alpha value is -2.37. The number of para-hydroxylation sites is 1. The number of carboxylic acid groups (broad SMARTS) is 1. The molecule has 0 amide bonds. The van der Waals surface area contributed by atoms with Gasteiger partial charge in [0.05, 0.1) is 6.54 Å². The van der Waals surface area contributed by atoms with Crippen LogP contribution in [0.2, 0.25) is 0 Å². The lowest BCUT2D eigenvalue weighted by Gasteiger charge is -2.24. The largest absolute Gasteiger partial charge is 0.480 e. The Morgan fingerprint density at radius 2 is 2.19 bits per heavy atom. The lowest BCUT2D eigenvalue weighted by Crippen LogP contribution is -2.38. The van der Waals surface area contributed by atoms with E-state index < -0.39 is 12.0 Å². The Morgan fingerprint density at radius 1 is 1.43 bits per heavy atom. The Morgan fingerprint density at radius 3 is 2.90 bits per heavy atom. The maximum absolute atomic E-state index is 11.5. The first-order valence-corrected chi connectivity index (χ1v) is 7.03. The minimum atomic E-state index is -0.804. The fourth-order valence-corrected chi connectivity index (χ4v) is 2.84. The van der Waals surface area contributed by atoms with Crippen molar-refractivity contribution in [3.05, 3.63) is 42.0 Å². The summed E-state index contributed by atoms with van der Waals surface area (Å²) in [6.07, 6.45) is 2.05. The van der Waals surface area contributed by atoms with Crippen LogP contribution in [0.25, 0.3) is 0 Å². The molecule has 0 aliphatic carbocycles. The second-order valence-electron chi connectivity index (χ2n) is 5.53. The van der Waals surface area contributed by atoms with Gasteiger partial charge in [0.2, 0.25) is 0 Å². The highest BCUT2D eigenvalue weighted by Crippen LogP contribution is 2.33. The molecule has 0 saturated carbocycles. The van der Waals surface area contributed by atoms with Crippen LogP contribution >= 0.6 is 0 Å². The van der Waals surface area contributed by atoms with E-state index in [1.54, 1.807) is 0 Å². The third kappa shape index (κ3) is 2.37. The van der Waals surface area contributed by atoms with Crippen LogP contribution in [0, 0.1) is 0 Å². The van der Waals surface area contributed by atoms with Gasteiger partial charge in [-0.3, -0.25) is 0 Å². The molecular formula is C15H18N4O2. The highest BCUT2D eigenvalue weighted by Gasteiger charge is 2.34. The van der Waals surface area contributed by atoms with Crippen molar-refractivity contribution in [3.8, 4) is 0 Å². The predicted molar refractivity (Wildman–Crippen MR) is 78.2 cm³/mol. The fraction of sp³-hybridized carbons (Fsp3) is 0.400. The Labute approximate surface area is 123 Å². The zero-order chi connectivity index (χ0) is 15.0. The van der Waals surface area contributed by atoms with E-state index in [4.69, 9.17) is 0 Å². The smallest absolute Gasteiger partial charge is 0.326 e. The number of hydrogen-bond acceptors (Lipinski definition) is 4. The Balaban J connectivity index is 1.95. The van der Waals surface area contributed by atoms with E-state index in [0.29, 0.717) is 13.0 Å². The molecular weight excluding hydrogens is 268 g/mol.